The molecule has 0 fully saturated rings. The van der Waals surface area contributed by atoms with Crippen molar-refractivity contribution in [2.45, 2.75) is 12.8 Å². The molecular formula is C11H12BrClN2O3. The van der Waals surface area contributed by atoms with E-state index in [0.29, 0.717) is 28.1 Å². The van der Waals surface area contributed by atoms with Crippen LogP contribution >= 0.6 is 27.5 Å². The summed E-state index contributed by atoms with van der Waals surface area (Å²) in [7, 11) is 0. The highest BCUT2D eigenvalue weighted by Gasteiger charge is 2.07. The van der Waals surface area contributed by atoms with E-state index in [1.807, 2.05) is 0 Å². The molecule has 0 unspecified atom stereocenters. The normalized spacial score (nSPS) is 9.89. The summed E-state index contributed by atoms with van der Waals surface area (Å²) in [5, 5.41) is 14.0. The molecule has 2 amide bonds. The third-order valence-electron chi connectivity index (χ3n) is 2.05. The average Bonchev–Trinajstić information content (AvgIpc) is 2.30. The van der Waals surface area contributed by atoms with Gasteiger partial charge in [0.05, 0.1) is 10.7 Å². The molecular weight excluding hydrogens is 323 g/mol. The number of hydrogen-bond acceptors (Lipinski definition) is 2. The smallest absolute Gasteiger partial charge is 0.319 e. The Labute approximate surface area is 118 Å². The Hall–Kier alpha value is -1.27. The molecule has 5 nitrogen and oxygen atoms in total. The summed E-state index contributed by atoms with van der Waals surface area (Å²) in [4.78, 5) is 21.7. The molecule has 0 radical (unpaired) electrons. The van der Waals surface area contributed by atoms with Crippen molar-refractivity contribution >= 4 is 45.2 Å². The summed E-state index contributed by atoms with van der Waals surface area (Å²) in [6.45, 7) is 0.295. The number of carboxylic acid groups (broad SMARTS) is 1. The van der Waals surface area contributed by atoms with Crippen LogP contribution in [0.3, 0.4) is 0 Å². The molecule has 1 aromatic rings. The quantitative estimate of drug-likeness (QED) is 0.724. The van der Waals surface area contributed by atoms with E-state index in [0.717, 1.165) is 0 Å². The molecule has 1 aromatic carbocycles. The Morgan fingerprint density at radius 3 is 2.78 bits per heavy atom. The molecule has 18 heavy (non-hydrogen) atoms. The number of rotatable bonds is 5. The number of benzene rings is 1. The molecule has 0 saturated carbocycles. The van der Waals surface area contributed by atoms with Crippen molar-refractivity contribution in [2.75, 3.05) is 11.9 Å². The van der Waals surface area contributed by atoms with Gasteiger partial charge >= 0.3 is 12.0 Å². The number of amides is 2. The predicted octanol–water partition coefficient (Wildman–Crippen LogP) is 3.09. The van der Waals surface area contributed by atoms with Gasteiger partial charge in [-0.3, -0.25) is 4.79 Å². The van der Waals surface area contributed by atoms with Crippen LogP contribution in [0.1, 0.15) is 12.8 Å². The zero-order valence-electron chi connectivity index (χ0n) is 9.37. The molecule has 0 atom stereocenters. The number of carbonyl (C=O) groups is 2. The Bertz CT molecular complexity index is 454. The van der Waals surface area contributed by atoms with E-state index in [9.17, 15) is 9.59 Å². The van der Waals surface area contributed by atoms with Crippen molar-refractivity contribution in [3.63, 3.8) is 0 Å². The van der Waals surface area contributed by atoms with Crippen molar-refractivity contribution in [1.29, 1.82) is 0 Å². The van der Waals surface area contributed by atoms with Crippen LogP contribution in [0, 0.1) is 0 Å². The molecule has 0 spiro atoms. The van der Waals surface area contributed by atoms with Crippen LogP contribution in [0.25, 0.3) is 0 Å². The summed E-state index contributed by atoms with van der Waals surface area (Å²) in [5.41, 5.74) is 0.488. The maximum atomic E-state index is 11.5. The van der Waals surface area contributed by atoms with Crippen LogP contribution in [0.15, 0.2) is 22.7 Å². The van der Waals surface area contributed by atoms with E-state index in [4.69, 9.17) is 16.7 Å². The second-order valence-electron chi connectivity index (χ2n) is 3.48. The van der Waals surface area contributed by atoms with Crippen molar-refractivity contribution in [3.8, 4) is 0 Å². The third-order valence-corrected chi connectivity index (χ3v) is 3.35. The van der Waals surface area contributed by atoms with E-state index in [-0.39, 0.29) is 6.42 Å². The Balaban J connectivity index is 2.40. The fourth-order valence-electron chi connectivity index (χ4n) is 1.21. The van der Waals surface area contributed by atoms with Crippen LogP contribution in [0.4, 0.5) is 10.5 Å². The van der Waals surface area contributed by atoms with E-state index < -0.39 is 12.0 Å². The Morgan fingerprint density at radius 2 is 2.11 bits per heavy atom. The first-order valence-electron chi connectivity index (χ1n) is 5.21. The molecule has 1 rings (SSSR count). The monoisotopic (exact) mass is 334 g/mol. The minimum Gasteiger partial charge on any atom is -0.481 e. The standard InChI is InChI=1S/C11H12BrClN2O3/c12-7-3-1-4-8(10(7)13)15-11(18)14-6-2-5-9(16)17/h1,3-4H,2,5-6H2,(H,16,17)(H2,14,15,18). The number of halogens is 2. The minimum atomic E-state index is -0.882. The maximum absolute atomic E-state index is 11.5. The van der Waals surface area contributed by atoms with E-state index >= 15 is 0 Å². The van der Waals surface area contributed by atoms with Gasteiger partial charge in [-0.25, -0.2) is 4.79 Å². The number of nitrogens with one attached hydrogen (secondary N) is 2. The zero-order chi connectivity index (χ0) is 13.5. The molecule has 0 aliphatic heterocycles. The molecule has 98 valence electrons. The van der Waals surface area contributed by atoms with Gasteiger partial charge in [-0.2, -0.15) is 0 Å². The Morgan fingerprint density at radius 1 is 1.39 bits per heavy atom. The van der Waals surface area contributed by atoms with Crippen molar-refractivity contribution < 1.29 is 14.7 Å². The van der Waals surface area contributed by atoms with E-state index in [2.05, 4.69) is 26.6 Å². The lowest BCUT2D eigenvalue weighted by Crippen LogP contribution is -2.29. The molecule has 0 bridgehead atoms. The molecule has 3 N–H and O–H groups in total. The number of anilines is 1. The highest BCUT2D eigenvalue weighted by atomic mass is 79.9. The average molecular weight is 336 g/mol. The van der Waals surface area contributed by atoms with Gasteiger partial charge in [-0.05, 0) is 34.5 Å². The number of urea groups is 1. The number of carboxylic acids is 1. The topological polar surface area (TPSA) is 78.4 Å². The van der Waals surface area contributed by atoms with Crippen LogP contribution in [-0.4, -0.2) is 23.7 Å². The molecule has 0 saturated heterocycles. The van der Waals surface area contributed by atoms with Gasteiger partial charge in [-0.15, -0.1) is 0 Å². The highest BCUT2D eigenvalue weighted by Crippen LogP contribution is 2.29. The molecule has 0 heterocycles. The van der Waals surface area contributed by atoms with E-state index in [1.54, 1.807) is 18.2 Å². The SMILES string of the molecule is O=C(O)CCCNC(=O)Nc1cccc(Br)c1Cl. The Kier molecular flexibility index (Phi) is 5.94. The van der Waals surface area contributed by atoms with Crippen molar-refractivity contribution in [3.05, 3.63) is 27.7 Å². The van der Waals surface area contributed by atoms with Crippen LogP contribution in [0.5, 0.6) is 0 Å². The maximum Gasteiger partial charge on any atom is 0.319 e. The first-order chi connectivity index (χ1) is 8.50. The summed E-state index contributed by atoms with van der Waals surface area (Å²) < 4.78 is 0.688. The van der Waals surface area contributed by atoms with Gasteiger partial charge in [0.25, 0.3) is 0 Å². The van der Waals surface area contributed by atoms with Crippen molar-refractivity contribution in [2.24, 2.45) is 0 Å². The predicted molar refractivity (Wildman–Crippen MR) is 73.0 cm³/mol. The fraction of sp³-hybridized carbons (Fsp3) is 0.273. The number of aliphatic carboxylic acids is 1. The zero-order valence-corrected chi connectivity index (χ0v) is 11.7. The minimum absolute atomic E-state index is 0.0257. The van der Waals surface area contributed by atoms with Gasteiger partial charge in [0.2, 0.25) is 0 Å². The van der Waals surface area contributed by atoms with Gasteiger partial charge in [-0.1, -0.05) is 17.7 Å². The molecule has 0 aliphatic carbocycles. The number of hydrogen-bond donors (Lipinski definition) is 3. The summed E-state index contributed by atoms with van der Waals surface area (Å²) >= 11 is 9.22. The van der Waals surface area contributed by atoms with E-state index in [1.165, 1.54) is 0 Å². The summed E-state index contributed by atoms with van der Waals surface area (Å²) in [6.07, 6.45) is 0.410. The molecule has 7 heteroatoms. The third kappa shape index (κ3) is 4.93. The lowest BCUT2D eigenvalue weighted by atomic mass is 10.3. The van der Waals surface area contributed by atoms with Gasteiger partial charge in [0, 0.05) is 17.4 Å². The highest BCUT2D eigenvalue weighted by molar-refractivity contribution is 9.10. The van der Waals surface area contributed by atoms with Gasteiger partial charge < -0.3 is 15.7 Å². The molecule has 0 aliphatic rings. The first-order valence-corrected chi connectivity index (χ1v) is 6.38. The first kappa shape index (κ1) is 14.8. The van der Waals surface area contributed by atoms with Gasteiger partial charge in [0.15, 0.2) is 0 Å². The van der Waals surface area contributed by atoms with Gasteiger partial charge in [0.1, 0.15) is 0 Å². The van der Waals surface area contributed by atoms with Crippen LogP contribution < -0.4 is 10.6 Å². The summed E-state index contributed by atoms with van der Waals surface area (Å²) in [6, 6.07) is 4.76. The lowest BCUT2D eigenvalue weighted by Gasteiger charge is -2.09. The second-order valence-corrected chi connectivity index (χ2v) is 4.71. The summed E-state index contributed by atoms with van der Waals surface area (Å²) in [5.74, 6) is -0.882. The van der Waals surface area contributed by atoms with Crippen molar-refractivity contribution in [1.82, 2.24) is 5.32 Å². The lowest BCUT2D eigenvalue weighted by molar-refractivity contribution is -0.137. The molecule has 0 aromatic heterocycles. The number of carbonyl (C=O) groups excluding carboxylic acids is 1. The van der Waals surface area contributed by atoms with Crippen LogP contribution in [0.2, 0.25) is 5.02 Å². The van der Waals surface area contributed by atoms with Crippen LogP contribution in [-0.2, 0) is 4.79 Å². The second kappa shape index (κ2) is 7.23. The largest absolute Gasteiger partial charge is 0.481 e. The fourth-order valence-corrected chi connectivity index (χ4v) is 1.75.